The van der Waals surface area contributed by atoms with Gasteiger partial charge in [-0.1, -0.05) is 22.9 Å². The third-order valence-electron chi connectivity index (χ3n) is 8.41. The van der Waals surface area contributed by atoms with Gasteiger partial charge in [0, 0.05) is 12.6 Å². The first-order valence-corrected chi connectivity index (χ1v) is 13.8. The monoisotopic (exact) mass is 571 g/mol. The van der Waals surface area contributed by atoms with Crippen LogP contribution in [0.2, 0.25) is 0 Å². The van der Waals surface area contributed by atoms with Gasteiger partial charge in [0.1, 0.15) is 23.3 Å². The van der Waals surface area contributed by atoms with E-state index >= 15 is 0 Å². The summed E-state index contributed by atoms with van der Waals surface area (Å²) in [7, 11) is 1.82. The first-order chi connectivity index (χ1) is 19.6. The maximum Gasteiger partial charge on any atom is 0.416 e. The zero-order valence-corrected chi connectivity index (χ0v) is 22.9. The van der Waals surface area contributed by atoms with Crippen molar-refractivity contribution in [1.29, 1.82) is 0 Å². The number of fused-ring (bicyclic) bond motifs is 3. The molecule has 0 radical (unpaired) electrons. The number of carbonyl (C=O) groups is 2. The SMILES string of the molecule is CN(C(=O)C[N+]1=CC(NC(=O)CCOc2ccccc2)C=N1)C12CCC(Oc3ccc(C(F)(F)F)cc3)(CC1)CC2. The number of rotatable bonds is 10. The highest BCUT2D eigenvalue weighted by Crippen LogP contribution is 2.51. The Kier molecular flexibility index (Phi) is 8.06. The predicted octanol–water partition coefficient (Wildman–Crippen LogP) is 4.42. The van der Waals surface area contributed by atoms with E-state index in [-0.39, 0.29) is 36.9 Å². The van der Waals surface area contributed by atoms with E-state index < -0.39 is 23.4 Å². The third-order valence-corrected chi connectivity index (χ3v) is 8.41. The summed E-state index contributed by atoms with van der Waals surface area (Å²) >= 11 is 0. The first kappa shape index (κ1) is 28.6. The first-order valence-electron chi connectivity index (χ1n) is 13.8. The van der Waals surface area contributed by atoms with Gasteiger partial charge in [0.25, 0.3) is 12.5 Å². The molecule has 1 unspecified atom stereocenters. The van der Waals surface area contributed by atoms with Gasteiger partial charge < -0.3 is 19.7 Å². The number of ether oxygens (including phenoxy) is 2. The molecule has 2 bridgehead atoms. The van der Waals surface area contributed by atoms with Crippen molar-refractivity contribution >= 4 is 24.2 Å². The van der Waals surface area contributed by atoms with Crippen LogP contribution in [0.3, 0.4) is 0 Å². The van der Waals surface area contributed by atoms with Crippen molar-refractivity contribution in [2.45, 2.75) is 68.3 Å². The molecular formula is C30H34F3N4O4+. The van der Waals surface area contributed by atoms with E-state index in [0.717, 1.165) is 50.7 Å². The lowest BCUT2D eigenvalue weighted by Crippen LogP contribution is -2.61. The highest BCUT2D eigenvalue weighted by molar-refractivity contribution is 5.93. The Bertz CT molecular complexity index is 1290. The number of halogens is 3. The highest BCUT2D eigenvalue weighted by atomic mass is 19.4. The van der Waals surface area contributed by atoms with Crippen LogP contribution in [0.25, 0.3) is 0 Å². The number of hydrazone groups is 1. The fraction of sp³-hybridized carbons (Fsp3) is 0.467. The molecule has 1 heterocycles. The van der Waals surface area contributed by atoms with Crippen LogP contribution in [0.1, 0.15) is 50.5 Å². The zero-order chi connectivity index (χ0) is 29.1. The molecule has 1 aliphatic heterocycles. The van der Waals surface area contributed by atoms with Gasteiger partial charge in [-0.2, -0.15) is 13.2 Å². The number of carbonyl (C=O) groups excluding carboxylic acids is 2. The lowest BCUT2D eigenvalue weighted by Gasteiger charge is -2.56. The lowest BCUT2D eigenvalue weighted by atomic mass is 9.62. The van der Waals surface area contributed by atoms with Gasteiger partial charge in [0.2, 0.25) is 12.1 Å². The molecule has 0 aromatic heterocycles. The average molecular weight is 572 g/mol. The number of hydrogen-bond acceptors (Lipinski definition) is 5. The van der Waals surface area contributed by atoms with Crippen LogP contribution in [-0.4, -0.2) is 71.2 Å². The average Bonchev–Trinajstić information content (AvgIpc) is 3.40. The lowest BCUT2D eigenvalue weighted by molar-refractivity contribution is -0.515. The number of likely N-dealkylation sites (N-methyl/N-ethyl adjacent to an activating group) is 1. The largest absolute Gasteiger partial charge is 0.493 e. The topological polar surface area (TPSA) is 83.2 Å². The van der Waals surface area contributed by atoms with Gasteiger partial charge in [-0.25, -0.2) is 0 Å². The van der Waals surface area contributed by atoms with Gasteiger partial charge in [0.15, 0.2) is 6.04 Å². The molecule has 0 saturated heterocycles. The van der Waals surface area contributed by atoms with Gasteiger partial charge in [-0.05, 0) is 80.0 Å². The van der Waals surface area contributed by atoms with Crippen LogP contribution in [0.15, 0.2) is 59.7 Å². The maximum atomic E-state index is 13.2. The van der Waals surface area contributed by atoms with E-state index in [1.54, 1.807) is 17.1 Å². The Balaban J connectivity index is 1.08. The summed E-state index contributed by atoms with van der Waals surface area (Å²) in [6.45, 7) is 0.316. The fourth-order valence-corrected chi connectivity index (χ4v) is 5.88. The van der Waals surface area contributed by atoms with Crippen molar-refractivity contribution < 1.29 is 36.9 Å². The van der Waals surface area contributed by atoms with Gasteiger partial charge in [0.05, 0.1) is 18.6 Å². The van der Waals surface area contributed by atoms with Crippen molar-refractivity contribution in [3.8, 4) is 11.5 Å². The fourth-order valence-electron chi connectivity index (χ4n) is 5.88. The van der Waals surface area contributed by atoms with E-state index in [9.17, 15) is 22.8 Å². The second-order valence-electron chi connectivity index (χ2n) is 11.0. The Labute approximate surface area is 236 Å². The van der Waals surface area contributed by atoms with Gasteiger partial charge in [-0.3, -0.25) is 9.59 Å². The molecule has 2 aromatic carbocycles. The van der Waals surface area contributed by atoms with Crippen LogP contribution in [0.5, 0.6) is 11.5 Å². The van der Waals surface area contributed by atoms with E-state index in [2.05, 4.69) is 10.4 Å². The Morgan fingerprint density at radius 2 is 1.66 bits per heavy atom. The molecule has 11 heteroatoms. The number of hydrogen-bond donors (Lipinski definition) is 1. The summed E-state index contributed by atoms with van der Waals surface area (Å²) in [6.07, 6.45) is 3.56. The molecule has 218 valence electrons. The van der Waals surface area contributed by atoms with Crippen molar-refractivity contribution in [2.24, 2.45) is 5.10 Å². The summed E-state index contributed by atoms with van der Waals surface area (Å²) in [5, 5.41) is 7.13. The molecule has 1 atom stereocenters. The molecule has 3 aliphatic carbocycles. The molecule has 8 nitrogen and oxygen atoms in total. The maximum absolute atomic E-state index is 13.2. The molecule has 2 aromatic rings. The van der Waals surface area contributed by atoms with Crippen molar-refractivity contribution in [3.05, 3.63) is 60.2 Å². The van der Waals surface area contributed by atoms with Crippen molar-refractivity contribution in [2.75, 3.05) is 20.2 Å². The normalized spacial score (nSPS) is 25.0. The molecule has 3 saturated carbocycles. The molecule has 4 aliphatic rings. The van der Waals surface area contributed by atoms with Crippen LogP contribution < -0.4 is 14.8 Å². The molecule has 1 N–H and O–H groups in total. The third kappa shape index (κ3) is 6.71. The summed E-state index contributed by atoms with van der Waals surface area (Å²) < 4.78 is 52.0. The summed E-state index contributed by atoms with van der Waals surface area (Å²) in [4.78, 5) is 27.3. The van der Waals surface area contributed by atoms with Crippen LogP contribution in [-0.2, 0) is 15.8 Å². The summed E-state index contributed by atoms with van der Waals surface area (Å²) in [6, 6.07) is 13.7. The second kappa shape index (κ2) is 11.5. The van der Waals surface area contributed by atoms with Crippen LogP contribution >= 0.6 is 0 Å². The zero-order valence-electron chi connectivity index (χ0n) is 22.9. The molecule has 41 heavy (non-hydrogen) atoms. The van der Waals surface area contributed by atoms with E-state index in [0.29, 0.717) is 11.5 Å². The Morgan fingerprint density at radius 1 is 1.00 bits per heavy atom. The smallest absolute Gasteiger partial charge is 0.416 e. The summed E-state index contributed by atoms with van der Waals surface area (Å²) in [5.41, 5.74) is -1.40. The van der Waals surface area contributed by atoms with Gasteiger partial charge in [-0.15, -0.1) is 0 Å². The molecular weight excluding hydrogens is 537 g/mol. The second-order valence-corrected chi connectivity index (χ2v) is 11.0. The molecule has 0 spiro atoms. The molecule has 2 amide bonds. The van der Waals surface area contributed by atoms with Gasteiger partial charge >= 0.3 is 6.18 Å². The predicted molar refractivity (Wildman–Crippen MR) is 146 cm³/mol. The Morgan fingerprint density at radius 3 is 2.29 bits per heavy atom. The summed E-state index contributed by atoms with van der Waals surface area (Å²) in [5.74, 6) is 0.893. The van der Waals surface area contributed by atoms with Crippen LogP contribution in [0, 0.1) is 0 Å². The van der Waals surface area contributed by atoms with Crippen molar-refractivity contribution in [1.82, 2.24) is 10.2 Å². The van der Waals surface area contributed by atoms with E-state index in [4.69, 9.17) is 9.47 Å². The van der Waals surface area contributed by atoms with Crippen molar-refractivity contribution in [3.63, 3.8) is 0 Å². The minimum absolute atomic E-state index is 0.0609. The quantitative estimate of drug-likeness (QED) is 0.428. The molecule has 6 rings (SSSR count). The van der Waals surface area contributed by atoms with Crippen LogP contribution in [0.4, 0.5) is 13.2 Å². The number of nitrogens with one attached hydrogen (secondary N) is 1. The van der Waals surface area contributed by atoms with E-state index in [1.165, 1.54) is 12.1 Å². The number of benzene rings is 2. The number of alkyl halides is 3. The number of para-hydroxylation sites is 1. The number of amides is 2. The minimum Gasteiger partial charge on any atom is -0.493 e. The number of nitrogens with zero attached hydrogens (tertiary/aromatic N) is 3. The minimum atomic E-state index is -4.38. The highest BCUT2D eigenvalue weighted by Gasteiger charge is 2.53. The van der Waals surface area contributed by atoms with E-state index in [1.807, 2.05) is 42.3 Å². The standard InChI is InChI=1S/C30H33F3N4O4/c1-36(27(39)21-37-20-23(19-34-37)35-26(38)11-18-40-24-5-3-2-4-6-24)28-12-15-29(16-13-28,17-14-28)41-25-9-7-22(8-10-25)30(31,32)33/h2-10,19-20,23H,11-18,21H2,1H3/p+1. The Hall–Kier alpha value is -3.89. The molecule has 3 fully saturated rings.